The third-order valence-electron chi connectivity index (χ3n) is 2.80. The third-order valence-corrected chi connectivity index (χ3v) is 3.90. The summed E-state index contributed by atoms with van der Waals surface area (Å²) in [6.45, 7) is 6.33. The average Bonchev–Trinajstić information content (AvgIpc) is 2.49. The Balaban J connectivity index is 0.00000484. The normalized spacial score (nSPS) is 12.4. The van der Waals surface area contributed by atoms with Crippen LogP contribution in [0.3, 0.4) is 0 Å². The van der Waals surface area contributed by atoms with Gasteiger partial charge in [-0.15, -0.1) is 35.7 Å². The number of benzene rings is 1. The van der Waals surface area contributed by atoms with Gasteiger partial charge >= 0.3 is 0 Å². The molecule has 7 heteroatoms. The highest BCUT2D eigenvalue weighted by Gasteiger charge is 2.03. The molecule has 0 aromatic heterocycles. The van der Waals surface area contributed by atoms with Crippen LogP contribution in [0, 0.1) is 5.82 Å². The quantitative estimate of drug-likeness (QED) is 0.197. The van der Waals surface area contributed by atoms with E-state index in [1.54, 1.807) is 31.0 Å². The first-order chi connectivity index (χ1) is 10.7. The fourth-order valence-corrected chi connectivity index (χ4v) is 2.66. The smallest absolute Gasteiger partial charge is 0.191 e. The largest absolute Gasteiger partial charge is 0.383 e. The van der Waals surface area contributed by atoms with Crippen LogP contribution in [0.5, 0.6) is 0 Å². The first-order valence-electron chi connectivity index (χ1n) is 7.57. The number of nitrogens with one attached hydrogen (secondary N) is 2. The number of hydrogen-bond acceptors (Lipinski definition) is 3. The van der Waals surface area contributed by atoms with Crippen molar-refractivity contribution in [1.29, 1.82) is 0 Å². The maximum atomic E-state index is 12.8. The van der Waals surface area contributed by atoms with Crippen LogP contribution >= 0.6 is 35.7 Å². The number of methoxy groups -OCH3 is 1. The van der Waals surface area contributed by atoms with E-state index in [4.69, 9.17) is 4.74 Å². The number of guanidine groups is 1. The van der Waals surface area contributed by atoms with Gasteiger partial charge in [-0.3, -0.25) is 4.99 Å². The Morgan fingerprint density at radius 3 is 2.65 bits per heavy atom. The molecule has 0 amide bonds. The molecule has 23 heavy (non-hydrogen) atoms. The molecule has 2 N–H and O–H groups in total. The van der Waals surface area contributed by atoms with Gasteiger partial charge in [-0.1, -0.05) is 0 Å². The maximum absolute atomic E-state index is 12.8. The van der Waals surface area contributed by atoms with E-state index in [1.807, 2.05) is 6.92 Å². The highest BCUT2D eigenvalue weighted by molar-refractivity contribution is 14.0. The standard InChI is InChI=1S/C16H26FN3OS.HI/c1-4-18-16(20-13(2)12-21-3)19-10-5-11-22-15-8-6-14(17)7-9-15;/h6-9,13H,4-5,10-12H2,1-3H3,(H2,18,19,20);1H. The molecule has 1 atom stereocenters. The van der Waals surface area contributed by atoms with Gasteiger partial charge in [0.1, 0.15) is 5.82 Å². The van der Waals surface area contributed by atoms with Crippen molar-refractivity contribution in [3.05, 3.63) is 30.1 Å². The van der Waals surface area contributed by atoms with Gasteiger partial charge < -0.3 is 15.4 Å². The molecule has 0 heterocycles. The van der Waals surface area contributed by atoms with E-state index in [0.29, 0.717) is 6.61 Å². The van der Waals surface area contributed by atoms with Gasteiger partial charge in [-0.2, -0.15) is 0 Å². The fraction of sp³-hybridized carbons (Fsp3) is 0.562. The zero-order valence-electron chi connectivity index (χ0n) is 14.0. The van der Waals surface area contributed by atoms with Crippen molar-refractivity contribution in [2.24, 2.45) is 4.99 Å². The van der Waals surface area contributed by atoms with Crippen LogP contribution in [-0.4, -0.2) is 44.6 Å². The zero-order valence-corrected chi connectivity index (χ0v) is 17.1. The van der Waals surface area contributed by atoms with Gasteiger partial charge in [-0.05, 0) is 50.3 Å². The van der Waals surface area contributed by atoms with Crippen molar-refractivity contribution >= 4 is 41.7 Å². The number of thioether (sulfide) groups is 1. The number of ether oxygens (including phenoxy) is 1. The van der Waals surface area contributed by atoms with Crippen molar-refractivity contribution < 1.29 is 9.13 Å². The zero-order chi connectivity index (χ0) is 16.2. The Bertz CT molecular complexity index is 445. The lowest BCUT2D eigenvalue weighted by molar-refractivity contribution is 0.179. The van der Waals surface area contributed by atoms with Crippen LogP contribution in [0.2, 0.25) is 0 Å². The van der Waals surface area contributed by atoms with Crippen molar-refractivity contribution in [2.45, 2.75) is 31.2 Å². The van der Waals surface area contributed by atoms with E-state index in [-0.39, 0.29) is 35.8 Å². The lowest BCUT2D eigenvalue weighted by atomic mass is 10.4. The molecule has 0 spiro atoms. The van der Waals surface area contributed by atoms with E-state index in [2.05, 4.69) is 22.5 Å². The maximum Gasteiger partial charge on any atom is 0.191 e. The molecule has 0 aliphatic rings. The summed E-state index contributed by atoms with van der Waals surface area (Å²) in [6.07, 6.45) is 0.970. The van der Waals surface area contributed by atoms with Crippen molar-refractivity contribution in [3.63, 3.8) is 0 Å². The van der Waals surface area contributed by atoms with Crippen molar-refractivity contribution in [2.75, 3.05) is 32.6 Å². The van der Waals surface area contributed by atoms with Gasteiger partial charge in [-0.25, -0.2) is 4.39 Å². The molecule has 4 nitrogen and oxygen atoms in total. The molecule has 0 bridgehead atoms. The van der Waals surface area contributed by atoms with Gasteiger partial charge in [0.2, 0.25) is 0 Å². The second-order valence-electron chi connectivity index (χ2n) is 4.92. The van der Waals surface area contributed by atoms with Crippen LogP contribution in [-0.2, 0) is 4.74 Å². The van der Waals surface area contributed by atoms with E-state index in [1.165, 1.54) is 12.1 Å². The predicted molar refractivity (Wildman–Crippen MR) is 108 cm³/mol. The summed E-state index contributed by atoms with van der Waals surface area (Å²) in [7, 11) is 1.69. The van der Waals surface area contributed by atoms with E-state index >= 15 is 0 Å². The molecule has 0 radical (unpaired) electrons. The van der Waals surface area contributed by atoms with Crippen LogP contribution in [0.1, 0.15) is 20.3 Å². The second kappa shape index (κ2) is 13.9. The molecule has 0 fully saturated rings. The molecule has 0 saturated heterocycles. The Kier molecular flexibility index (Phi) is 13.5. The Morgan fingerprint density at radius 2 is 2.04 bits per heavy atom. The van der Waals surface area contributed by atoms with Crippen molar-refractivity contribution in [3.8, 4) is 0 Å². The summed E-state index contributed by atoms with van der Waals surface area (Å²) in [5, 5.41) is 6.52. The van der Waals surface area contributed by atoms with Crippen LogP contribution in [0.25, 0.3) is 0 Å². The molecule has 1 rings (SSSR count). The van der Waals surface area contributed by atoms with Crippen LogP contribution in [0.4, 0.5) is 4.39 Å². The topological polar surface area (TPSA) is 45.7 Å². The summed E-state index contributed by atoms with van der Waals surface area (Å²) in [5.41, 5.74) is 0. The van der Waals surface area contributed by atoms with Gasteiger partial charge in [0.05, 0.1) is 6.61 Å². The molecule has 132 valence electrons. The Labute approximate surface area is 160 Å². The molecule has 0 saturated carbocycles. The highest BCUT2D eigenvalue weighted by Crippen LogP contribution is 2.18. The number of aliphatic imine (C=N–C) groups is 1. The van der Waals surface area contributed by atoms with Gasteiger partial charge in [0.15, 0.2) is 5.96 Å². The monoisotopic (exact) mass is 455 g/mol. The van der Waals surface area contributed by atoms with E-state index in [9.17, 15) is 4.39 Å². The molecule has 1 unspecified atom stereocenters. The van der Waals surface area contributed by atoms with Crippen molar-refractivity contribution in [1.82, 2.24) is 10.6 Å². The molecule has 1 aromatic rings. The number of nitrogens with zero attached hydrogens (tertiary/aromatic N) is 1. The predicted octanol–water partition coefficient (Wildman–Crippen LogP) is 3.52. The SMILES string of the molecule is CCNC(=NCCCSc1ccc(F)cc1)NC(C)COC.I. The molecular weight excluding hydrogens is 428 g/mol. The first-order valence-corrected chi connectivity index (χ1v) is 8.56. The summed E-state index contributed by atoms with van der Waals surface area (Å²) in [6, 6.07) is 6.81. The lowest BCUT2D eigenvalue weighted by Crippen LogP contribution is -2.44. The fourth-order valence-electron chi connectivity index (χ4n) is 1.82. The summed E-state index contributed by atoms with van der Waals surface area (Å²) < 4.78 is 17.9. The molecule has 1 aromatic carbocycles. The number of halogens is 2. The van der Waals surface area contributed by atoms with Crippen LogP contribution < -0.4 is 10.6 Å². The lowest BCUT2D eigenvalue weighted by Gasteiger charge is -2.16. The molecule has 0 aliphatic heterocycles. The minimum Gasteiger partial charge on any atom is -0.383 e. The minimum absolute atomic E-state index is 0. The average molecular weight is 455 g/mol. The van der Waals surface area contributed by atoms with Gasteiger partial charge in [0.25, 0.3) is 0 Å². The summed E-state index contributed by atoms with van der Waals surface area (Å²) in [5.74, 6) is 1.58. The second-order valence-corrected chi connectivity index (χ2v) is 6.09. The summed E-state index contributed by atoms with van der Waals surface area (Å²) in [4.78, 5) is 5.63. The summed E-state index contributed by atoms with van der Waals surface area (Å²) >= 11 is 1.72. The third kappa shape index (κ3) is 10.8. The van der Waals surface area contributed by atoms with E-state index in [0.717, 1.165) is 36.1 Å². The Morgan fingerprint density at radius 1 is 1.35 bits per heavy atom. The first kappa shape index (κ1) is 22.5. The number of rotatable bonds is 9. The van der Waals surface area contributed by atoms with E-state index < -0.39 is 0 Å². The molecule has 0 aliphatic carbocycles. The van der Waals surface area contributed by atoms with Gasteiger partial charge in [0, 0.05) is 31.1 Å². The Hall–Kier alpha value is -0.540. The van der Waals surface area contributed by atoms with Crippen LogP contribution in [0.15, 0.2) is 34.2 Å². The minimum atomic E-state index is -0.194. The number of hydrogen-bond donors (Lipinski definition) is 2. The highest BCUT2D eigenvalue weighted by atomic mass is 127. The molecular formula is C16H27FIN3OS.